The van der Waals surface area contributed by atoms with Crippen molar-refractivity contribution in [2.75, 3.05) is 20.2 Å². The predicted octanol–water partition coefficient (Wildman–Crippen LogP) is 3.20. The average molecular weight is 563 g/mol. The molecule has 2 unspecified atom stereocenters. The number of carbonyl (C=O) groups excluding carboxylic acids is 5. The number of hydrogen-bond acceptors (Lipinski definition) is 7. The molecule has 0 fully saturated rings. The third kappa shape index (κ3) is 12.0. The highest BCUT2D eigenvalue weighted by Gasteiger charge is 2.37. The molecule has 0 heterocycles. The maximum Gasteiger partial charge on any atom is 0.408 e. The minimum atomic E-state index is -1.19. The number of methoxy groups -OCH3 is 1. The lowest BCUT2D eigenvalue weighted by atomic mass is 9.95. The number of unbranched alkanes of at least 4 members (excludes halogenated alkanes) is 3. The van der Waals surface area contributed by atoms with E-state index in [1.165, 1.54) is 12.0 Å². The van der Waals surface area contributed by atoms with E-state index in [0.29, 0.717) is 12.0 Å². The Morgan fingerprint density at radius 2 is 1.73 bits per heavy atom. The summed E-state index contributed by atoms with van der Waals surface area (Å²) < 4.78 is 10.0. The summed E-state index contributed by atoms with van der Waals surface area (Å²) in [6.07, 6.45) is 2.23. The number of carbonyl (C=O) groups is 5. The second kappa shape index (κ2) is 16.5. The van der Waals surface area contributed by atoms with Gasteiger partial charge in [-0.3, -0.25) is 19.2 Å². The fourth-order valence-corrected chi connectivity index (χ4v) is 4.18. The number of aryl methyl sites for hydroxylation is 2. The molecule has 0 aliphatic carbocycles. The third-order valence-corrected chi connectivity index (χ3v) is 6.12. The number of amides is 4. The molecule has 0 saturated heterocycles. The molecule has 0 spiro atoms. The number of benzene rings is 1. The fourth-order valence-electron chi connectivity index (χ4n) is 4.18. The van der Waals surface area contributed by atoms with E-state index in [2.05, 4.69) is 22.3 Å². The summed E-state index contributed by atoms with van der Waals surface area (Å²) in [7, 11) is 1.21. The van der Waals surface area contributed by atoms with Gasteiger partial charge in [-0.25, -0.2) is 4.79 Å². The lowest BCUT2D eigenvalue weighted by Gasteiger charge is -2.35. The largest absolute Gasteiger partial charge is 0.468 e. The summed E-state index contributed by atoms with van der Waals surface area (Å²) in [4.78, 5) is 65.3. The number of nitrogens with two attached hydrogens (primary N) is 1. The van der Waals surface area contributed by atoms with E-state index in [9.17, 15) is 24.0 Å². The second-order valence-electron chi connectivity index (χ2n) is 10.9. The molecule has 0 radical (unpaired) electrons. The van der Waals surface area contributed by atoms with Gasteiger partial charge in [-0.15, -0.1) is 0 Å². The first-order chi connectivity index (χ1) is 18.7. The number of primary amides is 1. The van der Waals surface area contributed by atoms with E-state index in [1.807, 2.05) is 26.0 Å². The van der Waals surface area contributed by atoms with E-state index in [4.69, 9.17) is 10.5 Å². The van der Waals surface area contributed by atoms with Crippen molar-refractivity contribution in [1.82, 2.24) is 15.5 Å². The Kier molecular flexibility index (Phi) is 14.2. The average Bonchev–Trinajstić information content (AvgIpc) is 2.85. The van der Waals surface area contributed by atoms with Crippen LogP contribution < -0.4 is 16.4 Å². The number of nitrogens with zero attached hydrogens (tertiary/aromatic N) is 1. The highest BCUT2D eigenvalue weighted by Crippen LogP contribution is 2.27. The Morgan fingerprint density at radius 3 is 2.27 bits per heavy atom. The molecule has 4 amide bonds. The van der Waals surface area contributed by atoms with E-state index in [1.54, 1.807) is 26.8 Å². The van der Waals surface area contributed by atoms with Crippen molar-refractivity contribution in [3.8, 4) is 0 Å². The van der Waals surface area contributed by atoms with Crippen molar-refractivity contribution >= 4 is 29.8 Å². The van der Waals surface area contributed by atoms with Crippen LogP contribution in [0.15, 0.2) is 18.2 Å². The van der Waals surface area contributed by atoms with Gasteiger partial charge in [0.25, 0.3) is 0 Å². The van der Waals surface area contributed by atoms with Gasteiger partial charge in [0.2, 0.25) is 17.7 Å². The molecule has 1 aromatic rings. The van der Waals surface area contributed by atoms with Crippen molar-refractivity contribution < 1.29 is 33.4 Å². The van der Waals surface area contributed by atoms with Crippen molar-refractivity contribution in [2.45, 2.75) is 97.8 Å². The van der Waals surface area contributed by atoms with Crippen molar-refractivity contribution in [2.24, 2.45) is 5.73 Å². The molecular weight excluding hydrogens is 516 g/mol. The number of hydrogen-bond donors (Lipinski definition) is 3. The summed E-state index contributed by atoms with van der Waals surface area (Å²) in [5.41, 5.74) is 6.86. The highest BCUT2D eigenvalue weighted by atomic mass is 16.6. The summed E-state index contributed by atoms with van der Waals surface area (Å²) in [5, 5.41) is 5.15. The maximum absolute atomic E-state index is 14.1. The fraction of sp³-hybridized carbons (Fsp3) is 0.621. The lowest BCUT2D eigenvalue weighted by Crippen LogP contribution is -2.53. The highest BCUT2D eigenvalue weighted by molar-refractivity contribution is 5.93. The molecule has 1 rings (SSSR count). The van der Waals surface area contributed by atoms with Crippen LogP contribution in [0.5, 0.6) is 0 Å². The van der Waals surface area contributed by atoms with Crippen LogP contribution in [-0.2, 0) is 28.7 Å². The summed E-state index contributed by atoms with van der Waals surface area (Å²) in [5.74, 6) is -2.42. The quantitative estimate of drug-likeness (QED) is 0.219. The zero-order chi connectivity index (χ0) is 30.5. The monoisotopic (exact) mass is 562 g/mol. The van der Waals surface area contributed by atoms with Gasteiger partial charge in [0.1, 0.15) is 24.2 Å². The van der Waals surface area contributed by atoms with Gasteiger partial charge in [-0.05, 0) is 58.6 Å². The molecule has 0 aliphatic rings. The van der Waals surface area contributed by atoms with Crippen LogP contribution in [0.25, 0.3) is 0 Å². The molecule has 0 aliphatic heterocycles. The second-order valence-corrected chi connectivity index (χ2v) is 10.9. The molecule has 11 nitrogen and oxygen atoms in total. The van der Waals surface area contributed by atoms with Crippen LogP contribution in [0.2, 0.25) is 0 Å². The molecule has 0 aromatic heterocycles. The Bertz CT molecular complexity index is 1040. The van der Waals surface area contributed by atoms with Gasteiger partial charge in [-0.2, -0.15) is 0 Å². The van der Waals surface area contributed by atoms with Crippen LogP contribution in [0, 0.1) is 13.8 Å². The number of nitrogens with one attached hydrogen (secondary N) is 2. The molecule has 1 aromatic carbocycles. The van der Waals surface area contributed by atoms with E-state index >= 15 is 0 Å². The minimum absolute atomic E-state index is 0.0811. The Balaban J connectivity index is 3.58. The molecule has 0 saturated carbocycles. The standard InChI is InChI=1S/C29H46N4O7/c1-8-9-10-11-16-33(27(37)22(14-15-23(30)34)32-28(38)40-29(4,5)6)25(26(36)31-18-24(35)39-7)21-13-12-19(2)17-20(21)3/h12-13,17,22,25H,8-11,14-16,18H2,1-7H3,(H2,30,34)(H,31,36)(H,32,38). The van der Waals surface area contributed by atoms with Gasteiger partial charge >= 0.3 is 12.1 Å². The molecule has 11 heteroatoms. The lowest BCUT2D eigenvalue weighted by molar-refractivity contribution is -0.145. The maximum atomic E-state index is 14.1. The number of esters is 1. The van der Waals surface area contributed by atoms with Gasteiger partial charge in [-0.1, -0.05) is 49.9 Å². The summed E-state index contributed by atoms with van der Waals surface area (Å²) >= 11 is 0. The molecule has 0 bridgehead atoms. The van der Waals surface area contributed by atoms with Crippen LogP contribution in [0.1, 0.15) is 89.0 Å². The first-order valence-corrected chi connectivity index (χ1v) is 13.7. The van der Waals surface area contributed by atoms with E-state index < -0.39 is 47.5 Å². The van der Waals surface area contributed by atoms with Gasteiger partial charge in [0.15, 0.2) is 0 Å². The third-order valence-electron chi connectivity index (χ3n) is 6.12. The molecule has 40 heavy (non-hydrogen) atoms. The van der Waals surface area contributed by atoms with Crippen molar-refractivity contribution in [1.29, 1.82) is 0 Å². The van der Waals surface area contributed by atoms with E-state index in [-0.39, 0.29) is 25.9 Å². The first kappa shape index (κ1) is 34.4. The number of rotatable bonds is 15. The normalized spacial score (nSPS) is 12.6. The zero-order valence-electron chi connectivity index (χ0n) is 24.9. The molecule has 224 valence electrons. The smallest absolute Gasteiger partial charge is 0.408 e. The molecule has 2 atom stereocenters. The van der Waals surface area contributed by atoms with E-state index in [0.717, 1.165) is 30.4 Å². The zero-order valence-corrected chi connectivity index (χ0v) is 24.9. The first-order valence-electron chi connectivity index (χ1n) is 13.7. The van der Waals surface area contributed by atoms with Gasteiger partial charge < -0.3 is 30.7 Å². The summed E-state index contributed by atoms with van der Waals surface area (Å²) in [6, 6.07) is 3.22. The SMILES string of the molecule is CCCCCCN(C(=O)C(CCC(N)=O)NC(=O)OC(C)(C)C)C(C(=O)NCC(=O)OC)c1ccc(C)cc1C. The van der Waals surface area contributed by atoms with Crippen molar-refractivity contribution in [3.63, 3.8) is 0 Å². The van der Waals surface area contributed by atoms with Gasteiger partial charge in [0.05, 0.1) is 7.11 Å². The van der Waals surface area contributed by atoms with Gasteiger partial charge in [0, 0.05) is 13.0 Å². The predicted molar refractivity (Wildman–Crippen MR) is 151 cm³/mol. The Labute approximate surface area is 237 Å². The molecule has 4 N–H and O–H groups in total. The Hall–Kier alpha value is -3.63. The van der Waals surface area contributed by atoms with Crippen LogP contribution in [0.4, 0.5) is 4.79 Å². The van der Waals surface area contributed by atoms with Crippen molar-refractivity contribution in [3.05, 3.63) is 34.9 Å². The Morgan fingerprint density at radius 1 is 1.05 bits per heavy atom. The molecular formula is C29H46N4O7. The summed E-state index contributed by atoms with van der Waals surface area (Å²) in [6.45, 7) is 10.7. The van der Waals surface area contributed by atoms with Crippen LogP contribution in [-0.4, -0.2) is 66.5 Å². The van der Waals surface area contributed by atoms with Crippen LogP contribution >= 0.6 is 0 Å². The number of alkyl carbamates (subject to hydrolysis) is 1. The topological polar surface area (TPSA) is 157 Å². The minimum Gasteiger partial charge on any atom is -0.468 e. The van der Waals surface area contributed by atoms with Crippen LogP contribution in [0.3, 0.4) is 0 Å². The number of ether oxygens (including phenoxy) is 2.